The number of hydrogen-bond acceptors (Lipinski definition) is 10. The number of fused-ring (bicyclic) bond motifs is 2. The summed E-state index contributed by atoms with van der Waals surface area (Å²) >= 11 is 1.61. The first-order valence-electron chi connectivity index (χ1n) is 19.1. The van der Waals surface area contributed by atoms with E-state index in [1.807, 2.05) is 206 Å². The van der Waals surface area contributed by atoms with Gasteiger partial charge in [0, 0.05) is 48.1 Å². The van der Waals surface area contributed by atoms with Crippen molar-refractivity contribution in [2.45, 2.75) is 0 Å². The van der Waals surface area contributed by atoms with E-state index < -0.39 is 0 Å². The fourth-order valence-corrected chi connectivity index (χ4v) is 5.79. The molecule has 7 aromatic rings. The predicted octanol–water partition coefficient (Wildman–Crippen LogP) is 6.03. The van der Waals surface area contributed by atoms with Gasteiger partial charge in [0.2, 0.25) is 6.33 Å². The van der Waals surface area contributed by atoms with Crippen LogP contribution in [0.25, 0.3) is 10.6 Å². The first kappa shape index (κ1) is 50.9. The van der Waals surface area contributed by atoms with Gasteiger partial charge in [-0.25, -0.2) is 9.13 Å². The van der Waals surface area contributed by atoms with Crippen molar-refractivity contribution in [1.29, 1.82) is 0 Å². The minimum Gasteiger partial charge on any atom is -1.00 e. The SMILES string of the molecule is CN1C=CN(C)[CH-]1.Cn1cc[n+](C)c1.[Cl][Pt+].[I-].[Pt+2].c1ccc(N=C2[N-]C(=Nc3ccccn3)c3ccccc32)nc1.c1ccc(N=C2[N-]C(=Nc3ccccn3)c3ccccc32)nc1. The molecule has 0 aliphatic carbocycles. The topological polar surface area (TPSA) is 144 Å². The maximum atomic E-state index is 4.61. The summed E-state index contributed by atoms with van der Waals surface area (Å²) in [5.41, 5.74) is 3.81. The number of rotatable bonds is 4. The number of benzene rings is 2. The van der Waals surface area contributed by atoms with Crippen molar-refractivity contribution in [3.8, 4) is 0 Å². The zero-order chi connectivity index (χ0) is 43.5. The molecular weight excluding hydrogens is 1300 g/mol. The summed E-state index contributed by atoms with van der Waals surface area (Å²) in [6.07, 6.45) is 16.8. The minimum atomic E-state index is 0. The molecule has 3 aliphatic heterocycles. The second-order valence-electron chi connectivity index (χ2n) is 13.3. The monoisotopic (exact) mass is 1340 g/mol. The van der Waals surface area contributed by atoms with Gasteiger partial charge in [0.1, 0.15) is 12.4 Å². The Labute approximate surface area is 420 Å². The molecule has 0 spiro atoms. The van der Waals surface area contributed by atoms with Crippen molar-refractivity contribution in [3.05, 3.63) is 217 Å². The third kappa shape index (κ3) is 15.2. The summed E-state index contributed by atoms with van der Waals surface area (Å²) in [7, 11) is 12.6. The van der Waals surface area contributed by atoms with Crippen LogP contribution >= 0.6 is 9.42 Å². The van der Waals surface area contributed by atoms with E-state index in [9.17, 15) is 0 Å². The number of imidazole rings is 1. The minimum absolute atomic E-state index is 0. The second-order valence-corrected chi connectivity index (χ2v) is 13.3. The fourth-order valence-electron chi connectivity index (χ4n) is 5.79. The molecule has 5 aromatic heterocycles. The van der Waals surface area contributed by atoms with E-state index >= 15 is 0 Å². The number of aromatic nitrogens is 6. The van der Waals surface area contributed by atoms with Crippen molar-refractivity contribution in [1.82, 2.24) is 34.3 Å². The maximum Gasteiger partial charge on any atom is 2.00 e. The van der Waals surface area contributed by atoms with Gasteiger partial charge in [0.25, 0.3) is 0 Å². The molecule has 330 valence electrons. The van der Waals surface area contributed by atoms with Gasteiger partial charge in [-0.1, -0.05) is 72.8 Å². The van der Waals surface area contributed by atoms with Crippen molar-refractivity contribution in [3.63, 3.8) is 0 Å². The van der Waals surface area contributed by atoms with Gasteiger partial charge in [-0.3, -0.25) is 19.9 Å². The first-order valence-corrected chi connectivity index (χ1v) is 21.9. The van der Waals surface area contributed by atoms with Crippen LogP contribution < -0.4 is 28.5 Å². The molecule has 0 bridgehead atoms. The fraction of sp³-hybridized carbons (Fsp3) is 0.0870. The van der Waals surface area contributed by atoms with E-state index in [0.717, 1.165) is 22.3 Å². The van der Waals surface area contributed by atoms with Crippen LogP contribution in [0.5, 0.6) is 0 Å². The molecular formula is C46H42ClIN14Pt2. The molecule has 0 saturated carbocycles. The molecule has 0 fully saturated rings. The molecule has 64 heavy (non-hydrogen) atoms. The van der Waals surface area contributed by atoms with E-state index in [4.69, 9.17) is 0 Å². The Kier molecular flexibility index (Phi) is 21.3. The Morgan fingerprint density at radius 3 is 1.00 bits per heavy atom. The van der Waals surface area contributed by atoms with Gasteiger partial charge in [0.05, 0.1) is 37.4 Å². The van der Waals surface area contributed by atoms with Crippen molar-refractivity contribution < 1.29 is 68.4 Å². The molecule has 8 heterocycles. The van der Waals surface area contributed by atoms with E-state index in [1.54, 1.807) is 43.6 Å². The number of aryl methyl sites for hydroxylation is 2. The molecule has 0 unspecified atom stereocenters. The summed E-state index contributed by atoms with van der Waals surface area (Å²) in [6, 6.07) is 38.2. The largest absolute Gasteiger partial charge is 2.00 e. The van der Waals surface area contributed by atoms with Gasteiger partial charge < -0.3 is 64.4 Å². The number of halogens is 2. The Hall–Kier alpha value is -5.73. The van der Waals surface area contributed by atoms with E-state index in [2.05, 4.69) is 60.0 Å². The number of nitrogens with zero attached hydrogens (tertiary/aromatic N) is 14. The third-order valence-corrected chi connectivity index (χ3v) is 8.52. The van der Waals surface area contributed by atoms with Crippen LogP contribution in [0.2, 0.25) is 0 Å². The summed E-state index contributed by atoms with van der Waals surface area (Å²) in [5.74, 6) is 4.98. The number of pyridine rings is 4. The average Bonchev–Trinajstić information content (AvgIpc) is 4.08. The Bertz CT molecular complexity index is 2320. The standard InChI is InChI=1S/2C18H12N5.2C5H9N2.ClH.HI.2Pt/c2*1-2-8-14-13(7-1)17(21-15-9-3-5-11-19-15)23-18(14)22-16-10-4-6-12-20-16;2*1-6-3-4-7(2)5-6;;;;/h2*1-12H;2*3-5H,1-2H3;2*1H;;/q3*-1;+1;;;2*+2/p-2. The van der Waals surface area contributed by atoms with Gasteiger partial charge in [-0.2, -0.15) is 6.67 Å². The van der Waals surface area contributed by atoms with Crippen LogP contribution in [0, 0.1) is 6.67 Å². The molecule has 0 saturated heterocycles. The summed E-state index contributed by atoms with van der Waals surface area (Å²) in [5, 5.41) is 9.13. The smallest absolute Gasteiger partial charge is 1.00 e. The third-order valence-electron chi connectivity index (χ3n) is 8.52. The number of hydrogen-bond donors (Lipinski definition) is 0. The summed E-state index contributed by atoms with van der Waals surface area (Å²) < 4.78 is 4.00. The summed E-state index contributed by atoms with van der Waals surface area (Å²) in [4.78, 5) is 39.0. The Morgan fingerprint density at radius 2 is 0.812 bits per heavy atom. The molecule has 0 atom stereocenters. The van der Waals surface area contributed by atoms with E-state index in [0.29, 0.717) is 46.6 Å². The first-order chi connectivity index (χ1) is 30.4. The van der Waals surface area contributed by atoms with Crippen LogP contribution in [0.3, 0.4) is 0 Å². The normalized spacial score (nSPS) is 15.0. The van der Waals surface area contributed by atoms with Crippen molar-refractivity contribution in [2.24, 2.45) is 34.1 Å². The van der Waals surface area contributed by atoms with Gasteiger partial charge >= 0.3 is 49.3 Å². The van der Waals surface area contributed by atoms with Gasteiger partial charge in [0.15, 0.2) is 0 Å². The molecule has 0 radical (unpaired) electrons. The van der Waals surface area contributed by atoms with E-state index in [1.165, 1.54) is 0 Å². The van der Waals surface area contributed by atoms with Crippen molar-refractivity contribution in [2.75, 3.05) is 14.1 Å². The zero-order valence-electron chi connectivity index (χ0n) is 35.0. The molecule has 10 rings (SSSR count). The second kappa shape index (κ2) is 26.8. The number of amidine groups is 4. The summed E-state index contributed by atoms with van der Waals surface area (Å²) in [6.45, 7) is 2.00. The Morgan fingerprint density at radius 1 is 0.516 bits per heavy atom. The zero-order valence-corrected chi connectivity index (χ0v) is 42.4. The van der Waals surface area contributed by atoms with Crippen LogP contribution in [-0.4, -0.2) is 71.7 Å². The van der Waals surface area contributed by atoms with Crippen LogP contribution in [0.4, 0.5) is 23.3 Å². The molecule has 2 aromatic carbocycles. The van der Waals surface area contributed by atoms with Gasteiger partial charge in [-0.05, 0) is 97.3 Å². The predicted molar refractivity (Wildman–Crippen MR) is 243 cm³/mol. The van der Waals surface area contributed by atoms with Crippen LogP contribution in [0.15, 0.2) is 197 Å². The average molecular weight is 1340 g/mol. The molecule has 0 N–H and O–H groups in total. The van der Waals surface area contributed by atoms with Gasteiger partial charge in [-0.15, -0.1) is 0 Å². The van der Waals surface area contributed by atoms with E-state index in [-0.39, 0.29) is 45.0 Å². The molecule has 18 heteroatoms. The quantitative estimate of drug-likeness (QED) is 0.120. The van der Waals surface area contributed by atoms with Crippen LogP contribution in [0.1, 0.15) is 22.3 Å². The maximum absolute atomic E-state index is 4.61. The molecule has 14 nitrogen and oxygen atoms in total. The molecule has 3 aliphatic rings. The number of aliphatic imine (C=N–C) groups is 4. The van der Waals surface area contributed by atoms with Crippen molar-refractivity contribution >= 4 is 56.0 Å². The molecule has 0 amide bonds. The Balaban J connectivity index is 0.000000205. The van der Waals surface area contributed by atoms with Crippen LogP contribution in [-0.2, 0) is 53.9 Å².